The first-order chi connectivity index (χ1) is 17.4. The van der Waals surface area contributed by atoms with Gasteiger partial charge in [0.25, 0.3) is 0 Å². The van der Waals surface area contributed by atoms with Crippen LogP contribution in [0.5, 0.6) is 11.5 Å². The largest absolute Gasteiger partial charge is 0.493 e. The van der Waals surface area contributed by atoms with Crippen molar-refractivity contribution < 1.29 is 28.5 Å². The van der Waals surface area contributed by atoms with Gasteiger partial charge in [-0.05, 0) is 49.4 Å². The predicted molar refractivity (Wildman–Crippen MR) is 137 cm³/mol. The minimum atomic E-state index is -0.503. The third kappa shape index (κ3) is 5.07. The molecule has 1 fully saturated rings. The molecule has 7 heteroatoms. The van der Waals surface area contributed by atoms with Crippen LogP contribution in [0, 0.1) is 12.8 Å². The van der Waals surface area contributed by atoms with E-state index in [-0.39, 0.29) is 18.3 Å². The van der Waals surface area contributed by atoms with Crippen LogP contribution in [0.1, 0.15) is 48.3 Å². The maximum absolute atomic E-state index is 13.8. The zero-order valence-corrected chi connectivity index (χ0v) is 21.5. The van der Waals surface area contributed by atoms with Gasteiger partial charge in [0.2, 0.25) is 0 Å². The van der Waals surface area contributed by atoms with E-state index in [0.717, 1.165) is 22.4 Å². The van der Waals surface area contributed by atoms with Crippen molar-refractivity contribution in [1.82, 2.24) is 0 Å². The molecule has 36 heavy (non-hydrogen) atoms. The zero-order chi connectivity index (χ0) is 25.8. The molecule has 2 aromatic rings. The summed E-state index contributed by atoms with van der Waals surface area (Å²) in [5, 5.41) is 0. The van der Waals surface area contributed by atoms with Crippen molar-refractivity contribution in [3.05, 3.63) is 70.4 Å². The summed E-state index contributed by atoms with van der Waals surface area (Å²) < 4.78 is 21.4. The van der Waals surface area contributed by atoms with Crippen LogP contribution in [0.4, 0.5) is 0 Å². The van der Waals surface area contributed by atoms with Crippen molar-refractivity contribution in [3.63, 3.8) is 0 Å². The predicted octanol–water partition coefficient (Wildman–Crippen LogP) is 4.78. The smallest absolute Gasteiger partial charge is 0.336 e. The maximum Gasteiger partial charge on any atom is 0.336 e. The Hall–Kier alpha value is -3.45. The highest BCUT2D eigenvalue weighted by atomic mass is 16.6. The summed E-state index contributed by atoms with van der Waals surface area (Å²) in [5.74, 6) is -0.0811. The first kappa shape index (κ1) is 25.6. The van der Waals surface area contributed by atoms with E-state index in [1.165, 1.54) is 0 Å². The zero-order valence-electron chi connectivity index (χ0n) is 21.5. The molecule has 190 valence electrons. The van der Waals surface area contributed by atoms with E-state index < -0.39 is 17.8 Å². The number of aryl methyl sites for hydroxylation is 1. The normalized spacial score (nSPS) is 21.5. The van der Waals surface area contributed by atoms with Crippen molar-refractivity contribution >= 4 is 17.5 Å². The van der Waals surface area contributed by atoms with Gasteiger partial charge >= 0.3 is 5.97 Å². The van der Waals surface area contributed by atoms with Crippen molar-refractivity contribution in [3.8, 4) is 11.5 Å². The molecular formula is C29H33NO6. The third-order valence-corrected chi connectivity index (χ3v) is 6.98. The van der Waals surface area contributed by atoms with Crippen LogP contribution in [0.3, 0.4) is 0 Å². The minimum absolute atomic E-state index is 0.0338. The highest BCUT2D eigenvalue weighted by Crippen LogP contribution is 2.46. The number of carbonyl (C=O) groups excluding carboxylic acids is 2. The Labute approximate surface area is 212 Å². The van der Waals surface area contributed by atoms with Gasteiger partial charge < -0.3 is 18.9 Å². The number of esters is 1. The Morgan fingerprint density at radius 1 is 0.917 bits per heavy atom. The van der Waals surface area contributed by atoms with Crippen molar-refractivity contribution in [2.45, 2.75) is 38.5 Å². The van der Waals surface area contributed by atoms with Gasteiger partial charge in [-0.1, -0.05) is 35.9 Å². The van der Waals surface area contributed by atoms with Gasteiger partial charge in [-0.25, -0.2) is 4.79 Å². The topological polar surface area (TPSA) is 83.4 Å². The lowest BCUT2D eigenvalue weighted by Gasteiger charge is -2.38. The average molecular weight is 492 g/mol. The first-order valence-electron chi connectivity index (χ1n) is 12.1. The summed E-state index contributed by atoms with van der Waals surface area (Å²) >= 11 is 0. The van der Waals surface area contributed by atoms with E-state index in [9.17, 15) is 9.59 Å². The molecule has 7 nitrogen and oxygen atoms in total. The molecule has 1 saturated carbocycles. The second-order valence-corrected chi connectivity index (χ2v) is 9.29. The van der Waals surface area contributed by atoms with Gasteiger partial charge in [0.05, 0.1) is 32.3 Å². The van der Waals surface area contributed by atoms with Gasteiger partial charge in [-0.3, -0.25) is 9.79 Å². The number of Topliss-reactive ketones (excluding diaryl/α,β-unsaturated/α-hetero) is 1. The summed E-state index contributed by atoms with van der Waals surface area (Å²) in [7, 11) is 4.75. The van der Waals surface area contributed by atoms with Crippen LogP contribution in [0.25, 0.3) is 0 Å². The molecule has 2 aromatic carbocycles. The molecule has 0 N–H and O–H groups in total. The molecule has 3 atom stereocenters. The highest BCUT2D eigenvalue weighted by molar-refractivity contribution is 6.12. The highest BCUT2D eigenvalue weighted by Gasteiger charge is 2.46. The van der Waals surface area contributed by atoms with Crippen LogP contribution in [0.2, 0.25) is 0 Å². The Kier molecular flexibility index (Phi) is 7.89. The number of carbonyl (C=O) groups is 2. The number of nitrogens with zero attached hydrogens (tertiary/aromatic N) is 1. The van der Waals surface area contributed by atoms with E-state index in [1.807, 2.05) is 56.3 Å². The van der Waals surface area contributed by atoms with E-state index in [2.05, 4.69) is 0 Å². The molecule has 0 bridgehead atoms. The number of fused-ring (bicyclic) bond motifs is 1. The molecule has 1 heterocycles. The van der Waals surface area contributed by atoms with Crippen molar-refractivity contribution in [1.29, 1.82) is 0 Å². The van der Waals surface area contributed by atoms with Gasteiger partial charge in [0.15, 0.2) is 11.5 Å². The fraction of sp³-hybridized carbons (Fsp3) is 0.414. The van der Waals surface area contributed by atoms with Gasteiger partial charge in [-0.2, -0.15) is 0 Å². The molecular weight excluding hydrogens is 458 g/mol. The molecule has 0 aromatic heterocycles. The number of allylic oxidation sites excluding steroid dienone is 1. The van der Waals surface area contributed by atoms with Gasteiger partial charge in [-0.15, -0.1) is 0 Å². The summed E-state index contributed by atoms with van der Waals surface area (Å²) in [5.41, 5.74) is 4.83. The number of ether oxygens (including phenoxy) is 4. The second kappa shape index (κ2) is 11.1. The minimum Gasteiger partial charge on any atom is -0.493 e. The molecule has 0 radical (unpaired) electrons. The number of aliphatic imine (C=N–C) groups is 1. The number of benzene rings is 2. The van der Waals surface area contributed by atoms with Crippen LogP contribution in [0.15, 0.2) is 58.7 Å². The molecule has 0 spiro atoms. The Balaban J connectivity index is 1.74. The Morgan fingerprint density at radius 2 is 1.69 bits per heavy atom. The molecule has 4 rings (SSSR count). The van der Waals surface area contributed by atoms with E-state index in [1.54, 1.807) is 21.3 Å². The Bertz CT molecular complexity index is 1210. The summed E-state index contributed by atoms with van der Waals surface area (Å²) in [6.07, 6.45) is 0.976. The van der Waals surface area contributed by atoms with Crippen LogP contribution in [-0.4, -0.2) is 52.0 Å². The number of hydrogen-bond acceptors (Lipinski definition) is 7. The van der Waals surface area contributed by atoms with Crippen LogP contribution < -0.4 is 9.47 Å². The van der Waals surface area contributed by atoms with Crippen molar-refractivity contribution in [2.24, 2.45) is 10.9 Å². The van der Waals surface area contributed by atoms with E-state index in [4.69, 9.17) is 23.9 Å². The average Bonchev–Trinajstić information content (AvgIpc) is 2.87. The summed E-state index contributed by atoms with van der Waals surface area (Å²) in [4.78, 5) is 31.8. The first-order valence-corrected chi connectivity index (χ1v) is 12.1. The van der Waals surface area contributed by atoms with E-state index in [0.29, 0.717) is 42.2 Å². The second-order valence-electron chi connectivity index (χ2n) is 9.29. The monoisotopic (exact) mass is 491 g/mol. The van der Waals surface area contributed by atoms with E-state index >= 15 is 0 Å². The lowest BCUT2D eigenvalue weighted by Crippen LogP contribution is -2.41. The fourth-order valence-corrected chi connectivity index (χ4v) is 5.30. The maximum atomic E-state index is 13.8. The summed E-state index contributed by atoms with van der Waals surface area (Å²) in [6, 6.07) is 13.7. The number of hydrogen-bond donors (Lipinski definition) is 0. The molecule has 1 aliphatic carbocycles. The number of methoxy groups -OCH3 is 3. The Morgan fingerprint density at radius 3 is 2.39 bits per heavy atom. The lowest BCUT2D eigenvalue weighted by molar-refractivity contribution is -0.140. The number of rotatable bonds is 8. The van der Waals surface area contributed by atoms with Crippen molar-refractivity contribution in [2.75, 3.05) is 34.5 Å². The third-order valence-electron chi connectivity index (χ3n) is 6.98. The van der Waals surface area contributed by atoms with Gasteiger partial charge in [0.1, 0.15) is 12.4 Å². The van der Waals surface area contributed by atoms with Crippen LogP contribution in [-0.2, 0) is 19.1 Å². The van der Waals surface area contributed by atoms with Crippen LogP contribution >= 0.6 is 0 Å². The molecule has 2 aliphatic rings. The quantitative estimate of drug-likeness (QED) is 0.391. The van der Waals surface area contributed by atoms with Gasteiger partial charge in [0, 0.05) is 30.9 Å². The lowest BCUT2D eigenvalue weighted by atomic mass is 9.66. The standard InChI is InChI=1S/C29H33NO6/c1-17-7-6-8-20(13-17)27-26(29(32)36-12-11-33-3)18(2)30-22-14-21(15-23(31)28(22)27)19-9-10-24(34-4)25(16-19)35-5/h6-10,13,16,21,27-28H,11-12,14-15H2,1-5H3/t21-,27+,28?/m0/s1. The molecule has 1 aliphatic heterocycles. The molecule has 0 saturated heterocycles. The molecule has 0 amide bonds. The SMILES string of the molecule is COCCOC(=O)C1=C(C)N=C2C[C@H](c3ccc(OC)c(OC)c3)CC(=O)C2[C@@H]1c1cccc(C)c1. The molecule has 1 unspecified atom stereocenters. The summed E-state index contributed by atoms with van der Waals surface area (Å²) in [6.45, 7) is 4.27. The fourth-order valence-electron chi connectivity index (χ4n) is 5.30. The number of ketones is 1.